The molecule has 1 saturated heterocycles. The Balaban J connectivity index is 2.38. The zero-order valence-electron chi connectivity index (χ0n) is 9.82. The Labute approximate surface area is 121 Å². The Morgan fingerprint density at radius 1 is 1.58 bits per heavy atom. The molecule has 0 bridgehead atoms. The van der Waals surface area contributed by atoms with Crippen molar-refractivity contribution in [1.82, 2.24) is 9.55 Å². The van der Waals surface area contributed by atoms with Gasteiger partial charge >= 0.3 is 5.69 Å². The summed E-state index contributed by atoms with van der Waals surface area (Å²) in [5, 5.41) is 18.7. The van der Waals surface area contributed by atoms with Gasteiger partial charge in [0, 0.05) is 12.6 Å². The first kappa shape index (κ1) is 14.4. The van der Waals surface area contributed by atoms with Crippen LogP contribution in [0.4, 0.5) is 0 Å². The number of ether oxygens (including phenoxy) is 1. The number of aromatic nitrogens is 2. The summed E-state index contributed by atoms with van der Waals surface area (Å²) in [6, 6.07) is 0. The lowest BCUT2D eigenvalue weighted by Gasteiger charge is -2.14. The van der Waals surface area contributed by atoms with Crippen LogP contribution in [0.15, 0.2) is 19.9 Å². The van der Waals surface area contributed by atoms with Crippen LogP contribution < -0.4 is 11.2 Å². The van der Waals surface area contributed by atoms with Crippen LogP contribution in [0.1, 0.15) is 18.2 Å². The third kappa shape index (κ3) is 2.96. The number of H-pyrrole nitrogens is 1. The number of nitrogens with one attached hydrogen (secondary N) is 1. The lowest BCUT2D eigenvalue weighted by Crippen LogP contribution is -2.33. The van der Waals surface area contributed by atoms with E-state index in [1.807, 2.05) is 22.6 Å². The molecular weight excluding hydrogens is 367 g/mol. The molecule has 1 aliphatic rings. The van der Waals surface area contributed by atoms with Crippen molar-refractivity contribution in [3.8, 4) is 0 Å². The maximum atomic E-state index is 11.7. The average molecular weight is 380 g/mol. The lowest BCUT2D eigenvalue weighted by molar-refractivity contribution is -0.0459. The first-order valence-corrected chi connectivity index (χ1v) is 6.88. The predicted molar refractivity (Wildman–Crippen MR) is 76.0 cm³/mol. The third-order valence-electron chi connectivity index (χ3n) is 2.93. The van der Waals surface area contributed by atoms with Crippen molar-refractivity contribution in [3.63, 3.8) is 0 Å². The summed E-state index contributed by atoms with van der Waals surface area (Å²) in [6.07, 6.45) is 0.880. The number of halogens is 1. The van der Waals surface area contributed by atoms with Gasteiger partial charge in [-0.25, -0.2) is 4.79 Å². The SMILES string of the molecule is O=c1[nH]c(=O)n([C@@H]2C[C@@H](O)[C@H](CO)O2)cc1C=CI. The highest BCUT2D eigenvalue weighted by molar-refractivity contribution is 14.1. The fraction of sp³-hybridized carbons (Fsp3) is 0.455. The van der Waals surface area contributed by atoms with E-state index in [4.69, 9.17) is 9.84 Å². The van der Waals surface area contributed by atoms with Gasteiger partial charge in [0.05, 0.1) is 18.3 Å². The van der Waals surface area contributed by atoms with Crippen molar-refractivity contribution < 1.29 is 14.9 Å². The fourth-order valence-corrected chi connectivity index (χ4v) is 2.34. The molecule has 1 fully saturated rings. The Morgan fingerprint density at radius 3 is 2.89 bits per heavy atom. The van der Waals surface area contributed by atoms with E-state index in [9.17, 15) is 14.7 Å². The standard InChI is InChI=1S/C11H13IN2O5/c12-2-1-6-4-14(11(18)13-10(6)17)9-3-7(16)8(5-15)19-9/h1-2,4,7-9,15-16H,3,5H2,(H,13,17,18)/t7-,8+,9+/m1/s1. The molecule has 0 amide bonds. The second-order valence-corrected chi connectivity index (χ2v) is 4.88. The van der Waals surface area contributed by atoms with Crippen LogP contribution in [-0.4, -0.2) is 38.6 Å². The minimum Gasteiger partial charge on any atom is -0.394 e. The molecule has 1 aromatic rings. The number of rotatable bonds is 3. The van der Waals surface area contributed by atoms with Gasteiger partial charge in [-0.3, -0.25) is 14.3 Å². The van der Waals surface area contributed by atoms with Crippen molar-refractivity contribution in [2.75, 3.05) is 6.61 Å². The predicted octanol–water partition coefficient (Wildman–Crippen LogP) is -0.417. The van der Waals surface area contributed by atoms with E-state index in [-0.39, 0.29) is 13.0 Å². The van der Waals surface area contributed by atoms with Crippen molar-refractivity contribution >= 4 is 28.7 Å². The van der Waals surface area contributed by atoms with Crippen LogP contribution in [0.25, 0.3) is 6.08 Å². The van der Waals surface area contributed by atoms with Crippen LogP contribution in [0.3, 0.4) is 0 Å². The van der Waals surface area contributed by atoms with Gasteiger partial charge in [0.25, 0.3) is 5.56 Å². The van der Waals surface area contributed by atoms with Crippen LogP contribution in [0.5, 0.6) is 0 Å². The lowest BCUT2D eigenvalue weighted by atomic mass is 10.2. The molecule has 0 spiro atoms. The second kappa shape index (κ2) is 5.99. The largest absolute Gasteiger partial charge is 0.394 e. The molecule has 2 heterocycles. The van der Waals surface area contributed by atoms with Gasteiger partial charge in [0.1, 0.15) is 12.3 Å². The highest BCUT2D eigenvalue weighted by Gasteiger charge is 2.35. The summed E-state index contributed by atoms with van der Waals surface area (Å²) >= 11 is 1.96. The molecule has 0 unspecified atom stereocenters. The van der Waals surface area contributed by atoms with Gasteiger partial charge in [0.2, 0.25) is 0 Å². The monoisotopic (exact) mass is 380 g/mol. The van der Waals surface area contributed by atoms with E-state index >= 15 is 0 Å². The normalized spacial score (nSPS) is 27.2. The van der Waals surface area contributed by atoms with Gasteiger partial charge in [-0.2, -0.15) is 0 Å². The summed E-state index contributed by atoms with van der Waals surface area (Å²) < 4.78 is 8.24. The van der Waals surface area contributed by atoms with Crippen molar-refractivity contribution in [2.24, 2.45) is 0 Å². The molecule has 104 valence electrons. The van der Waals surface area contributed by atoms with Crippen LogP contribution >= 0.6 is 22.6 Å². The van der Waals surface area contributed by atoms with Crippen LogP contribution in [0.2, 0.25) is 0 Å². The molecule has 1 aliphatic heterocycles. The Morgan fingerprint density at radius 2 is 2.32 bits per heavy atom. The van der Waals surface area contributed by atoms with E-state index < -0.39 is 29.7 Å². The van der Waals surface area contributed by atoms with E-state index in [1.54, 1.807) is 10.2 Å². The topological polar surface area (TPSA) is 105 Å². The van der Waals surface area contributed by atoms with Crippen LogP contribution in [0, 0.1) is 0 Å². The molecule has 3 N–H and O–H groups in total. The Hall–Kier alpha value is -0.970. The second-order valence-electron chi connectivity index (χ2n) is 4.16. The van der Waals surface area contributed by atoms with Crippen molar-refractivity contribution in [2.45, 2.75) is 24.9 Å². The maximum absolute atomic E-state index is 11.7. The number of aliphatic hydroxyl groups is 2. The quantitative estimate of drug-likeness (QED) is 0.619. The number of hydrogen-bond acceptors (Lipinski definition) is 5. The van der Waals surface area contributed by atoms with Crippen molar-refractivity contribution in [3.05, 3.63) is 36.7 Å². The van der Waals surface area contributed by atoms with Gasteiger partial charge in [-0.15, -0.1) is 0 Å². The van der Waals surface area contributed by atoms with Crippen LogP contribution in [-0.2, 0) is 4.74 Å². The minimum absolute atomic E-state index is 0.185. The highest BCUT2D eigenvalue weighted by atomic mass is 127. The number of hydrogen-bond donors (Lipinski definition) is 3. The number of nitrogens with zero attached hydrogens (tertiary/aromatic N) is 1. The molecule has 19 heavy (non-hydrogen) atoms. The summed E-state index contributed by atoms with van der Waals surface area (Å²) in [5.74, 6) is 0. The van der Waals surface area contributed by atoms with E-state index in [2.05, 4.69) is 4.98 Å². The van der Waals surface area contributed by atoms with Gasteiger partial charge in [-0.05, 0) is 10.2 Å². The minimum atomic E-state index is -0.836. The molecular formula is C11H13IN2O5. The molecule has 8 heteroatoms. The zero-order chi connectivity index (χ0) is 14.0. The Bertz CT molecular complexity index is 593. The summed E-state index contributed by atoms with van der Waals surface area (Å²) in [6.45, 7) is -0.323. The third-order valence-corrected chi connectivity index (χ3v) is 3.29. The van der Waals surface area contributed by atoms with Gasteiger partial charge in [-0.1, -0.05) is 22.6 Å². The van der Waals surface area contributed by atoms with E-state index in [1.165, 1.54) is 10.8 Å². The molecule has 1 aromatic heterocycles. The first-order chi connectivity index (χ1) is 9.06. The molecule has 2 rings (SSSR count). The molecule has 0 radical (unpaired) electrons. The maximum Gasteiger partial charge on any atom is 0.330 e. The van der Waals surface area contributed by atoms with Gasteiger partial charge in [0.15, 0.2) is 0 Å². The summed E-state index contributed by atoms with van der Waals surface area (Å²) in [4.78, 5) is 25.5. The smallest absolute Gasteiger partial charge is 0.330 e. The molecule has 0 aliphatic carbocycles. The summed E-state index contributed by atoms with van der Waals surface area (Å²) in [7, 11) is 0. The first-order valence-electron chi connectivity index (χ1n) is 5.63. The van der Waals surface area contributed by atoms with Gasteiger partial charge < -0.3 is 14.9 Å². The molecule has 3 atom stereocenters. The number of aliphatic hydroxyl groups excluding tert-OH is 2. The highest BCUT2D eigenvalue weighted by Crippen LogP contribution is 2.27. The van der Waals surface area contributed by atoms with Crippen molar-refractivity contribution in [1.29, 1.82) is 0 Å². The average Bonchev–Trinajstić information content (AvgIpc) is 2.74. The molecule has 0 aromatic carbocycles. The molecule has 0 saturated carbocycles. The molecule has 7 nitrogen and oxygen atoms in total. The fourth-order valence-electron chi connectivity index (χ4n) is 1.95. The zero-order valence-corrected chi connectivity index (χ0v) is 12.0. The van der Waals surface area contributed by atoms with E-state index in [0.717, 1.165) is 0 Å². The summed E-state index contributed by atoms with van der Waals surface area (Å²) in [5.41, 5.74) is -0.766. The number of aromatic amines is 1. The van der Waals surface area contributed by atoms with E-state index in [0.29, 0.717) is 5.56 Å². The Kier molecular flexibility index (Phi) is 4.55.